The van der Waals surface area contributed by atoms with E-state index < -0.39 is 0 Å². The number of anilines is 1. The van der Waals surface area contributed by atoms with Gasteiger partial charge in [0.15, 0.2) is 0 Å². The van der Waals surface area contributed by atoms with Crippen molar-refractivity contribution in [2.45, 2.75) is 31.9 Å². The number of hydrogen-bond acceptors (Lipinski definition) is 6. The Bertz CT molecular complexity index is 589. The van der Waals surface area contributed by atoms with Crippen LogP contribution in [0.4, 0.5) is 5.95 Å². The first-order chi connectivity index (χ1) is 12.1. The van der Waals surface area contributed by atoms with Gasteiger partial charge in [-0.1, -0.05) is 0 Å². The fourth-order valence-electron chi connectivity index (χ4n) is 3.70. The molecule has 2 saturated heterocycles. The van der Waals surface area contributed by atoms with Gasteiger partial charge >= 0.3 is 0 Å². The molecule has 0 aromatic carbocycles. The zero-order chi connectivity index (χ0) is 17.8. The van der Waals surface area contributed by atoms with Gasteiger partial charge < -0.3 is 14.5 Å². The van der Waals surface area contributed by atoms with Crippen molar-refractivity contribution < 1.29 is 9.53 Å². The van der Waals surface area contributed by atoms with E-state index in [1.807, 2.05) is 12.3 Å². The fourth-order valence-corrected chi connectivity index (χ4v) is 3.70. The lowest BCUT2D eigenvalue weighted by molar-refractivity contribution is -0.130. The second-order valence-corrected chi connectivity index (χ2v) is 7.26. The maximum Gasteiger partial charge on any atom is 0.225 e. The van der Waals surface area contributed by atoms with Crippen LogP contribution < -0.4 is 4.90 Å². The van der Waals surface area contributed by atoms with E-state index in [1.54, 1.807) is 26.1 Å². The minimum Gasteiger partial charge on any atom is -0.380 e. The highest BCUT2D eigenvalue weighted by Crippen LogP contribution is 2.25. The molecule has 2 atom stereocenters. The monoisotopic (exact) mass is 347 g/mol. The highest BCUT2D eigenvalue weighted by molar-refractivity contribution is 5.75. The summed E-state index contributed by atoms with van der Waals surface area (Å²) in [7, 11) is 5.34. The Morgan fingerprint density at radius 2 is 2.08 bits per heavy atom. The Labute approximate surface area is 150 Å². The molecule has 25 heavy (non-hydrogen) atoms. The van der Waals surface area contributed by atoms with Gasteiger partial charge in [-0.3, -0.25) is 9.69 Å². The van der Waals surface area contributed by atoms with Crippen molar-refractivity contribution in [3.8, 4) is 0 Å². The number of carbonyl (C=O) groups is 1. The largest absolute Gasteiger partial charge is 0.380 e. The molecule has 7 nitrogen and oxygen atoms in total. The molecular weight excluding hydrogens is 318 g/mol. The molecule has 1 amide bonds. The van der Waals surface area contributed by atoms with Crippen LogP contribution in [0.1, 0.15) is 25.0 Å². The van der Waals surface area contributed by atoms with Crippen LogP contribution in [0.5, 0.6) is 0 Å². The van der Waals surface area contributed by atoms with Gasteiger partial charge in [0.25, 0.3) is 0 Å². The predicted molar refractivity (Wildman–Crippen MR) is 96.4 cm³/mol. The van der Waals surface area contributed by atoms with Gasteiger partial charge in [-0.05, 0) is 18.9 Å². The molecule has 2 aliphatic rings. The number of hydrogen-bond donors (Lipinski definition) is 0. The average Bonchev–Trinajstić information content (AvgIpc) is 3.25. The Kier molecular flexibility index (Phi) is 5.86. The second kappa shape index (κ2) is 8.10. The summed E-state index contributed by atoms with van der Waals surface area (Å²) in [5, 5.41) is 0. The number of rotatable bonds is 6. The standard InChI is InChI=1S/C18H29N5O2/c1-21(2)17(24)10-14-11-22(13-16(14)25-3)12-15-6-7-19-18(20-15)23-8-4-5-9-23/h6-7,14,16H,4-5,8-13H2,1-3H3/t14-,16+/m1/s1. The number of amides is 1. The Hall–Kier alpha value is -1.73. The molecule has 2 fully saturated rings. The molecule has 0 radical (unpaired) electrons. The maximum atomic E-state index is 12.0. The van der Waals surface area contributed by atoms with Crippen molar-refractivity contribution in [1.82, 2.24) is 19.8 Å². The molecule has 0 aliphatic carbocycles. The number of nitrogens with zero attached hydrogens (tertiary/aromatic N) is 5. The van der Waals surface area contributed by atoms with E-state index in [0.29, 0.717) is 6.42 Å². The van der Waals surface area contributed by atoms with E-state index >= 15 is 0 Å². The van der Waals surface area contributed by atoms with Crippen LogP contribution in [0.3, 0.4) is 0 Å². The van der Waals surface area contributed by atoms with Gasteiger partial charge in [-0.25, -0.2) is 9.97 Å². The third kappa shape index (κ3) is 4.46. The van der Waals surface area contributed by atoms with Crippen molar-refractivity contribution in [3.63, 3.8) is 0 Å². The summed E-state index contributed by atoms with van der Waals surface area (Å²) in [5.41, 5.74) is 1.03. The van der Waals surface area contributed by atoms with Gasteiger partial charge in [0.05, 0.1) is 11.8 Å². The average molecular weight is 347 g/mol. The van der Waals surface area contributed by atoms with Gasteiger partial charge in [0, 0.05) is 72.5 Å². The predicted octanol–water partition coefficient (Wildman–Crippen LogP) is 1.00. The van der Waals surface area contributed by atoms with Crippen LogP contribution in [-0.4, -0.2) is 79.2 Å². The zero-order valence-electron chi connectivity index (χ0n) is 15.5. The SMILES string of the molecule is CO[C@H]1CN(Cc2ccnc(N3CCCC3)n2)C[C@H]1CC(=O)N(C)C. The van der Waals surface area contributed by atoms with Gasteiger partial charge in [0.1, 0.15) is 0 Å². The number of likely N-dealkylation sites (tertiary alicyclic amines) is 1. The molecule has 3 heterocycles. The van der Waals surface area contributed by atoms with E-state index in [0.717, 1.165) is 44.4 Å². The number of carbonyl (C=O) groups excluding carboxylic acids is 1. The van der Waals surface area contributed by atoms with Crippen LogP contribution in [0.15, 0.2) is 12.3 Å². The molecule has 138 valence electrons. The summed E-state index contributed by atoms with van der Waals surface area (Å²) in [4.78, 5) is 27.4. The fraction of sp³-hybridized carbons (Fsp3) is 0.722. The second-order valence-electron chi connectivity index (χ2n) is 7.26. The topological polar surface area (TPSA) is 61.8 Å². The van der Waals surface area contributed by atoms with Crippen LogP contribution in [0.25, 0.3) is 0 Å². The molecule has 0 spiro atoms. The van der Waals surface area contributed by atoms with Crippen molar-refractivity contribution in [2.24, 2.45) is 5.92 Å². The molecule has 0 saturated carbocycles. The van der Waals surface area contributed by atoms with Gasteiger partial charge in [-0.15, -0.1) is 0 Å². The maximum absolute atomic E-state index is 12.0. The Morgan fingerprint density at radius 3 is 2.76 bits per heavy atom. The van der Waals surface area contributed by atoms with E-state index in [4.69, 9.17) is 9.72 Å². The molecule has 1 aromatic rings. The smallest absolute Gasteiger partial charge is 0.225 e. The molecule has 0 bridgehead atoms. The minimum atomic E-state index is 0.101. The summed E-state index contributed by atoms with van der Waals surface area (Å²) in [6, 6.07) is 1.99. The molecule has 0 unspecified atom stereocenters. The first-order valence-electron chi connectivity index (χ1n) is 9.09. The molecule has 3 rings (SSSR count). The number of ether oxygens (including phenoxy) is 1. The molecular formula is C18H29N5O2. The summed E-state index contributed by atoms with van der Waals surface area (Å²) in [6.45, 7) is 4.57. The van der Waals surface area contributed by atoms with Crippen LogP contribution in [0.2, 0.25) is 0 Å². The van der Waals surface area contributed by atoms with E-state index in [2.05, 4.69) is 14.8 Å². The van der Waals surface area contributed by atoms with E-state index in [1.165, 1.54) is 12.8 Å². The third-order valence-corrected chi connectivity index (χ3v) is 5.17. The summed E-state index contributed by atoms with van der Waals surface area (Å²) < 4.78 is 5.62. The Morgan fingerprint density at radius 1 is 1.32 bits per heavy atom. The summed E-state index contributed by atoms with van der Waals surface area (Å²) in [6.07, 6.45) is 4.93. The number of methoxy groups -OCH3 is 1. The lowest BCUT2D eigenvalue weighted by Gasteiger charge is -2.19. The first-order valence-corrected chi connectivity index (χ1v) is 9.09. The normalized spacial score (nSPS) is 24.0. The molecule has 2 aliphatic heterocycles. The molecule has 7 heteroatoms. The van der Waals surface area contributed by atoms with E-state index in [-0.39, 0.29) is 17.9 Å². The zero-order valence-corrected chi connectivity index (χ0v) is 15.5. The van der Waals surface area contributed by atoms with Crippen LogP contribution in [0, 0.1) is 5.92 Å². The van der Waals surface area contributed by atoms with Crippen molar-refractivity contribution in [1.29, 1.82) is 0 Å². The van der Waals surface area contributed by atoms with Crippen LogP contribution in [-0.2, 0) is 16.1 Å². The number of aromatic nitrogens is 2. The molecule has 0 N–H and O–H groups in total. The summed E-state index contributed by atoms with van der Waals surface area (Å²) in [5.74, 6) is 1.24. The highest BCUT2D eigenvalue weighted by atomic mass is 16.5. The first kappa shape index (κ1) is 18.1. The van der Waals surface area contributed by atoms with Crippen molar-refractivity contribution in [3.05, 3.63) is 18.0 Å². The summed E-state index contributed by atoms with van der Waals surface area (Å²) >= 11 is 0. The van der Waals surface area contributed by atoms with Gasteiger partial charge in [0.2, 0.25) is 11.9 Å². The van der Waals surface area contributed by atoms with E-state index in [9.17, 15) is 4.79 Å². The van der Waals surface area contributed by atoms with Crippen molar-refractivity contribution in [2.75, 3.05) is 52.3 Å². The highest BCUT2D eigenvalue weighted by Gasteiger charge is 2.34. The lowest BCUT2D eigenvalue weighted by Crippen LogP contribution is -2.29. The molecule has 1 aromatic heterocycles. The quantitative estimate of drug-likeness (QED) is 0.765. The Balaban J connectivity index is 1.61. The van der Waals surface area contributed by atoms with Crippen molar-refractivity contribution >= 4 is 11.9 Å². The third-order valence-electron chi connectivity index (χ3n) is 5.17. The van der Waals surface area contributed by atoms with Crippen LogP contribution >= 0.6 is 0 Å². The lowest BCUT2D eigenvalue weighted by atomic mass is 10.0. The minimum absolute atomic E-state index is 0.101. The van der Waals surface area contributed by atoms with Gasteiger partial charge in [-0.2, -0.15) is 0 Å².